The van der Waals surface area contributed by atoms with Crippen molar-refractivity contribution in [3.8, 4) is 11.1 Å². The van der Waals surface area contributed by atoms with Gasteiger partial charge in [0, 0.05) is 38.0 Å². The van der Waals surface area contributed by atoms with Gasteiger partial charge < -0.3 is 9.47 Å². The number of hydrogen-bond donors (Lipinski definition) is 0. The molecule has 0 saturated heterocycles. The van der Waals surface area contributed by atoms with Crippen LogP contribution in [0.25, 0.3) is 11.1 Å². The van der Waals surface area contributed by atoms with Gasteiger partial charge in [0.25, 0.3) is 11.5 Å². The monoisotopic (exact) mass is 358 g/mol. The summed E-state index contributed by atoms with van der Waals surface area (Å²) < 4.78 is 1.58. The van der Waals surface area contributed by atoms with Gasteiger partial charge in [-0.3, -0.25) is 9.59 Å². The smallest absolute Gasteiger partial charge is 0.254 e. The number of hydrogen-bond acceptors (Lipinski definition) is 2. The van der Waals surface area contributed by atoms with Crippen molar-refractivity contribution in [2.75, 3.05) is 6.54 Å². The molecule has 27 heavy (non-hydrogen) atoms. The van der Waals surface area contributed by atoms with Crippen LogP contribution in [0.5, 0.6) is 0 Å². The zero-order valence-corrected chi connectivity index (χ0v) is 15.6. The second-order valence-corrected chi connectivity index (χ2v) is 7.16. The zero-order chi connectivity index (χ0) is 19.0. The number of aromatic nitrogens is 1. The van der Waals surface area contributed by atoms with Crippen molar-refractivity contribution in [2.45, 2.75) is 19.9 Å². The Labute approximate surface area is 158 Å². The SMILES string of the molecule is Cc1cccc(-c2ccccc2C(=O)N2CCc3cc(=O)n(C)cc3C2)c1. The molecule has 0 aliphatic carbocycles. The first-order chi connectivity index (χ1) is 13.0. The molecule has 4 nitrogen and oxygen atoms in total. The quantitative estimate of drug-likeness (QED) is 0.703. The summed E-state index contributed by atoms with van der Waals surface area (Å²) in [5.41, 5.74) is 5.99. The third-order valence-electron chi connectivity index (χ3n) is 5.19. The highest BCUT2D eigenvalue weighted by molar-refractivity contribution is 6.01. The van der Waals surface area contributed by atoms with Gasteiger partial charge >= 0.3 is 0 Å². The van der Waals surface area contributed by atoms with Crippen molar-refractivity contribution in [1.82, 2.24) is 9.47 Å². The molecule has 2 aromatic carbocycles. The molecule has 1 aliphatic rings. The second-order valence-electron chi connectivity index (χ2n) is 7.16. The van der Waals surface area contributed by atoms with Crippen LogP contribution in [0.1, 0.15) is 27.0 Å². The predicted molar refractivity (Wildman–Crippen MR) is 107 cm³/mol. The van der Waals surface area contributed by atoms with E-state index in [2.05, 4.69) is 19.1 Å². The van der Waals surface area contributed by atoms with E-state index in [-0.39, 0.29) is 11.5 Å². The Morgan fingerprint density at radius 3 is 2.63 bits per heavy atom. The number of carbonyl (C=O) groups excluding carboxylic acids is 1. The van der Waals surface area contributed by atoms with E-state index < -0.39 is 0 Å². The van der Waals surface area contributed by atoms with Crippen molar-refractivity contribution >= 4 is 5.91 Å². The Kier molecular flexibility index (Phi) is 4.40. The Balaban J connectivity index is 1.68. The summed E-state index contributed by atoms with van der Waals surface area (Å²) in [6.07, 6.45) is 2.56. The predicted octanol–water partition coefficient (Wildman–Crippen LogP) is 3.56. The molecule has 3 aromatic rings. The number of carbonyl (C=O) groups is 1. The van der Waals surface area contributed by atoms with E-state index >= 15 is 0 Å². The molecule has 0 saturated carbocycles. The van der Waals surface area contributed by atoms with Crippen LogP contribution in [0.4, 0.5) is 0 Å². The molecule has 4 heteroatoms. The average Bonchev–Trinajstić information content (AvgIpc) is 2.68. The Hall–Kier alpha value is -3.14. The highest BCUT2D eigenvalue weighted by Gasteiger charge is 2.24. The number of pyridine rings is 1. The van der Waals surface area contributed by atoms with Gasteiger partial charge in [0.15, 0.2) is 0 Å². The number of rotatable bonds is 2. The molecule has 0 bridgehead atoms. The molecule has 0 N–H and O–H groups in total. The Morgan fingerprint density at radius 1 is 1.00 bits per heavy atom. The zero-order valence-electron chi connectivity index (χ0n) is 15.6. The van der Waals surface area contributed by atoms with E-state index in [0.717, 1.165) is 27.8 Å². The summed E-state index contributed by atoms with van der Waals surface area (Å²) in [6, 6.07) is 17.7. The standard InChI is InChI=1S/C23H22N2O2/c1-16-6-5-7-18(12-16)20-8-3-4-9-21(20)23(27)25-11-10-17-13-22(26)24(2)14-19(17)15-25/h3-9,12-14H,10-11,15H2,1-2H3. The summed E-state index contributed by atoms with van der Waals surface area (Å²) in [6.45, 7) is 3.21. The molecule has 136 valence electrons. The van der Waals surface area contributed by atoms with Gasteiger partial charge in [0.2, 0.25) is 0 Å². The molecule has 0 radical (unpaired) electrons. The van der Waals surface area contributed by atoms with Gasteiger partial charge in [-0.25, -0.2) is 0 Å². The maximum absolute atomic E-state index is 13.3. The minimum atomic E-state index is -0.00156. The van der Waals surface area contributed by atoms with Crippen LogP contribution in [-0.2, 0) is 20.0 Å². The normalized spacial score (nSPS) is 13.3. The molecule has 0 fully saturated rings. The van der Waals surface area contributed by atoms with Gasteiger partial charge in [0.05, 0.1) is 0 Å². The molecular weight excluding hydrogens is 336 g/mol. The third kappa shape index (κ3) is 3.31. The molecule has 4 rings (SSSR count). The first kappa shape index (κ1) is 17.3. The summed E-state index contributed by atoms with van der Waals surface area (Å²) in [5.74, 6) is 0.0339. The maximum atomic E-state index is 13.3. The number of benzene rings is 2. The van der Waals surface area contributed by atoms with Gasteiger partial charge in [-0.2, -0.15) is 0 Å². The van der Waals surface area contributed by atoms with Gasteiger partial charge in [-0.15, -0.1) is 0 Å². The average molecular weight is 358 g/mol. The highest BCUT2D eigenvalue weighted by atomic mass is 16.2. The summed E-state index contributed by atoms with van der Waals surface area (Å²) in [7, 11) is 1.75. The van der Waals surface area contributed by atoms with E-state index in [0.29, 0.717) is 19.5 Å². The van der Waals surface area contributed by atoms with Crippen LogP contribution < -0.4 is 5.56 Å². The molecule has 1 aromatic heterocycles. The van der Waals surface area contributed by atoms with Crippen molar-refractivity contribution in [3.63, 3.8) is 0 Å². The van der Waals surface area contributed by atoms with Crippen molar-refractivity contribution in [1.29, 1.82) is 0 Å². The Bertz CT molecular complexity index is 1080. The van der Waals surface area contributed by atoms with Crippen LogP contribution in [-0.4, -0.2) is 21.9 Å². The lowest BCUT2D eigenvalue weighted by molar-refractivity contribution is 0.0735. The lowest BCUT2D eigenvalue weighted by Crippen LogP contribution is -2.37. The fourth-order valence-corrected chi connectivity index (χ4v) is 3.72. The third-order valence-corrected chi connectivity index (χ3v) is 5.19. The topological polar surface area (TPSA) is 42.3 Å². The van der Waals surface area contributed by atoms with Gasteiger partial charge in [0.1, 0.15) is 0 Å². The number of amides is 1. The molecule has 1 amide bonds. The lowest BCUT2D eigenvalue weighted by Gasteiger charge is -2.29. The van der Waals surface area contributed by atoms with E-state index in [9.17, 15) is 9.59 Å². The molecule has 0 atom stereocenters. The minimum absolute atomic E-state index is 0.00156. The van der Waals surface area contributed by atoms with Crippen LogP contribution in [0.3, 0.4) is 0 Å². The summed E-state index contributed by atoms with van der Waals surface area (Å²) >= 11 is 0. The fourth-order valence-electron chi connectivity index (χ4n) is 3.72. The van der Waals surface area contributed by atoms with Crippen LogP contribution >= 0.6 is 0 Å². The second kappa shape index (κ2) is 6.88. The van der Waals surface area contributed by atoms with Gasteiger partial charge in [-0.05, 0) is 41.7 Å². The van der Waals surface area contributed by atoms with E-state index in [1.54, 1.807) is 17.7 Å². The summed E-state index contributed by atoms with van der Waals surface area (Å²) in [4.78, 5) is 27.0. The number of aryl methyl sites for hydroxylation is 2. The number of nitrogens with zero attached hydrogens (tertiary/aromatic N) is 2. The largest absolute Gasteiger partial charge is 0.334 e. The molecule has 0 spiro atoms. The first-order valence-corrected chi connectivity index (χ1v) is 9.17. The first-order valence-electron chi connectivity index (χ1n) is 9.17. The highest BCUT2D eigenvalue weighted by Crippen LogP contribution is 2.27. The molecule has 1 aliphatic heterocycles. The van der Waals surface area contributed by atoms with E-state index in [4.69, 9.17) is 0 Å². The van der Waals surface area contributed by atoms with E-state index in [1.807, 2.05) is 47.5 Å². The minimum Gasteiger partial charge on any atom is -0.334 e. The molecule has 0 unspecified atom stereocenters. The fraction of sp³-hybridized carbons (Fsp3) is 0.217. The molecular formula is C23H22N2O2. The van der Waals surface area contributed by atoms with Gasteiger partial charge in [-0.1, -0.05) is 48.0 Å². The van der Waals surface area contributed by atoms with Crippen LogP contribution in [0.15, 0.2) is 65.6 Å². The maximum Gasteiger partial charge on any atom is 0.254 e. The van der Waals surface area contributed by atoms with Crippen LogP contribution in [0.2, 0.25) is 0 Å². The van der Waals surface area contributed by atoms with Crippen LogP contribution in [0, 0.1) is 6.92 Å². The number of fused-ring (bicyclic) bond motifs is 1. The Morgan fingerprint density at radius 2 is 1.81 bits per heavy atom. The van der Waals surface area contributed by atoms with Crippen molar-refractivity contribution < 1.29 is 4.79 Å². The van der Waals surface area contributed by atoms with E-state index in [1.165, 1.54) is 5.56 Å². The van der Waals surface area contributed by atoms with Crippen molar-refractivity contribution in [2.24, 2.45) is 7.05 Å². The molecule has 2 heterocycles. The summed E-state index contributed by atoms with van der Waals surface area (Å²) in [5, 5.41) is 0. The van der Waals surface area contributed by atoms with Crippen molar-refractivity contribution in [3.05, 3.63) is 93.4 Å². The lowest BCUT2D eigenvalue weighted by atomic mass is 9.96.